The molecular weight excluding hydrogens is 332 g/mol. The van der Waals surface area contributed by atoms with Crippen molar-refractivity contribution in [1.29, 1.82) is 0 Å². The molecule has 3 aromatic rings. The summed E-state index contributed by atoms with van der Waals surface area (Å²) in [6, 6.07) is 7.42. The van der Waals surface area contributed by atoms with Gasteiger partial charge >= 0.3 is 0 Å². The van der Waals surface area contributed by atoms with E-state index < -0.39 is 0 Å². The number of aromatic nitrogens is 3. The van der Waals surface area contributed by atoms with Crippen LogP contribution in [0.15, 0.2) is 28.7 Å². The van der Waals surface area contributed by atoms with Crippen molar-refractivity contribution in [2.75, 3.05) is 13.7 Å². The number of H-pyrrole nitrogens is 1. The Kier molecular flexibility index (Phi) is 4.36. The van der Waals surface area contributed by atoms with E-state index in [1.165, 1.54) is 0 Å². The van der Waals surface area contributed by atoms with Gasteiger partial charge in [0.1, 0.15) is 17.5 Å². The minimum absolute atomic E-state index is 0.0390. The number of benzene rings is 1. The number of nitrogens with one attached hydrogen (secondary N) is 1. The topological polar surface area (TPSA) is 84.3 Å². The molecule has 1 fully saturated rings. The molecule has 1 atom stereocenters. The zero-order valence-corrected chi connectivity index (χ0v) is 15.0. The van der Waals surface area contributed by atoms with Crippen LogP contribution in [0.3, 0.4) is 0 Å². The molecule has 1 amide bonds. The summed E-state index contributed by atoms with van der Waals surface area (Å²) in [5.41, 5.74) is 1.48. The second-order valence-corrected chi connectivity index (χ2v) is 6.66. The standard InChI is InChI=1S/C19H22N4O3/c1-12-21-22-18(26-12)17-6-4-3-5-9-23(17)19(24)16-11-13-10-14(25-2)7-8-15(13)20-16/h7-8,10-11,17,20H,3-6,9H2,1-2H3. The third kappa shape index (κ3) is 3.05. The van der Waals surface area contributed by atoms with Crippen LogP contribution >= 0.6 is 0 Å². The fraction of sp³-hybridized carbons (Fsp3) is 0.421. The van der Waals surface area contributed by atoms with Crippen LogP contribution in [0.2, 0.25) is 0 Å². The van der Waals surface area contributed by atoms with Crippen LogP contribution < -0.4 is 4.74 Å². The van der Waals surface area contributed by atoms with E-state index >= 15 is 0 Å². The van der Waals surface area contributed by atoms with Crippen molar-refractivity contribution in [2.24, 2.45) is 0 Å². The maximum atomic E-state index is 13.2. The van der Waals surface area contributed by atoms with Crippen LogP contribution in [-0.4, -0.2) is 39.6 Å². The van der Waals surface area contributed by atoms with Gasteiger partial charge in [0.2, 0.25) is 11.8 Å². The molecule has 0 saturated carbocycles. The molecule has 1 aliphatic rings. The van der Waals surface area contributed by atoms with Gasteiger partial charge in [0.25, 0.3) is 5.91 Å². The maximum Gasteiger partial charge on any atom is 0.270 e. The second-order valence-electron chi connectivity index (χ2n) is 6.66. The normalized spacial score (nSPS) is 18.1. The molecule has 0 aliphatic carbocycles. The lowest BCUT2D eigenvalue weighted by Gasteiger charge is -2.27. The number of carbonyl (C=O) groups excluding carboxylic acids is 1. The van der Waals surface area contributed by atoms with Crippen molar-refractivity contribution < 1.29 is 13.9 Å². The molecule has 0 spiro atoms. The zero-order chi connectivity index (χ0) is 18.1. The summed E-state index contributed by atoms with van der Waals surface area (Å²) in [6.45, 7) is 2.45. The Balaban J connectivity index is 1.67. The predicted molar refractivity (Wildman–Crippen MR) is 96.1 cm³/mol. The van der Waals surface area contributed by atoms with Crippen molar-refractivity contribution in [3.63, 3.8) is 0 Å². The minimum Gasteiger partial charge on any atom is -0.497 e. The second kappa shape index (κ2) is 6.82. The van der Waals surface area contributed by atoms with Crippen LogP contribution in [0, 0.1) is 6.92 Å². The monoisotopic (exact) mass is 354 g/mol. The van der Waals surface area contributed by atoms with Crippen molar-refractivity contribution in [3.8, 4) is 5.75 Å². The molecule has 1 saturated heterocycles. The van der Waals surface area contributed by atoms with Gasteiger partial charge < -0.3 is 19.0 Å². The molecule has 0 radical (unpaired) electrons. The lowest BCUT2D eigenvalue weighted by molar-refractivity contribution is 0.0646. The molecule has 0 bridgehead atoms. The van der Waals surface area contributed by atoms with Crippen molar-refractivity contribution in [1.82, 2.24) is 20.1 Å². The van der Waals surface area contributed by atoms with E-state index in [4.69, 9.17) is 9.15 Å². The van der Waals surface area contributed by atoms with Gasteiger partial charge in [-0.1, -0.05) is 12.8 Å². The summed E-state index contributed by atoms with van der Waals surface area (Å²) in [4.78, 5) is 18.3. The third-order valence-corrected chi connectivity index (χ3v) is 4.90. The fourth-order valence-corrected chi connectivity index (χ4v) is 3.56. The van der Waals surface area contributed by atoms with Crippen LogP contribution in [0.4, 0.5) is 0 Å². The van der Waals surface area contributed by atoms with E-state index in [0.29, 0.717) is 24.0 Å². The lowest BCUT2D eigenvalue weighted by Crippen LogP contribution is -2.35. The average molecular weight is 354 g/mol. The van der Waals surface area contributed by atoms with Crippen molar-refractivity contribution >= 4 is 16.8 Å². The Morgan fingerprint density at radius 1 is 1.27 bits per heavy atom. The molecule has 2 aromatic heterocycles. The Labute approximate surface area is 151 Å². The van der Waals surface area contributed by atoms with Crippen LogP contribution in [0.1, 0.15) is 54.0 Å². The first-order valence-electron chi connectivity index (χ1n) is 8.93. The number of amides is 1. The first-order chi connectivity index (χ1) is 12.7. The van der Waals surface area contributed by atoms with Gasteiger partial charge in [-0.3, -0.25) is 4.79 Å². The molecule has 1 N–H and O–H groups in total. The van der Waals surface area contributed by atoms with Crippen molar-refractivity contribution in [3.05, 3.63) is 41.7 Å². The van der Waals surface area contributed by atoms with Crippen molar-refractivity contribution in [2.45, 2.75) is 38.6 Å². The molecule has 1 aliphatic heterocycles. The summed E-state index contributed by atoms with van der Waals surface area (Å²) >= 11 is 0. The van der Waals surface area contributed by atoms with Gasteiger partial charge in [0, 0.05) is 24.4 Å². The highest BCUT2D eigenvalue weighted by molar-refractivity contribution is 5.98. The third-order valence-electron chi connectivity index (χ3n) is 4.90. The predicted octanol–water partition coefficient (Wildman–Crippen LogP) is 3.63. The molecule has 136 valence electrons. The zero-order valence-electron chi connectivity index (χ0n) is 15.0. The molecule has 26 heavy (non-hydrogen) atoms. The van der Waals surface area contributed by atoms with Crippen LogP contribution in [-0.2, 0) is 0 Å². The van der Waals surface area contributed by atoms with E-state index in [0.717, 1.165) is 42.3 Å². The summed E-state index contributed by atoms with van der Waals surface area (Å²) in [7, 11) is 1.63. The molecule has 1 unspecified atom stereocenters. The Morgan fingerprint density at radius 2 is 2.15 bits per heavy atom. The molecule has 1 aromatic carbocycles. The van der Waals surface area contributed by atoms with E-state index in [2.05, 4.69) is 15.2 Å². The molecular formula is C19H22N4O3. The number of hydrogen-bond donors (Lipinski definition) is 1. The van der Waals surface area contributed by atoms with Crippen LogP contribution in [0.25, 0.3) is 10.9 Å². The molecule has 4 rings (SSSR count). The van der Waals surface area contributed by atoms with Gasteiger partial charge in [0.15, 0.2) is 0 Å². The lowest BCUT2D eigenvalue weighted by atomic mass is 10.1. The van der Waals surface area contributed by atoms with E-state index in [-0.39, 0.29) is 11.9 Å². The number of aromatic amines is 1. The summed E-state index contributed by atoms with van der Waals surface area (Å²) < 4.78 is 10.9. The average Bonchev–Trinajstić information content (AvgIpc) is 3.19. The molecule has 7 nitrogen and oxygen atoms in total. The number of aryl methyl sites for hydroxylation is 1. The first-order valence-corrected chi connectivity index (χ1v) is 8.93. The largest absolute Gasteiger partial charge is 0.497 e. The van der Waals surface area contributed by atoms with Gasteiger partial charge in [0.05, 0.1) is 7.11 Å². The van der Waals surface area contributed by atoms with E-state index in [9.17, 15) is 4.79 Å². The highest BCUT2D eigenvalue weighted by atomic mass is 16.5. The number of ether oxygens (including phenoxy) is 1. The van der Waals surface area contributed by atoms with E-state index in [1.807, 2.05) is 29.2 Å². The SMILES string of the molecule is COc1ccc2[nH]c(C(=O)N3CCCCCC3c3nnc(C)o3)cc2c1. The van der Waals surface area contributed by atoms with Gasteiger partial charge in [-0.05, 0) is 37.1 Å². The van der Waals surface area contributed by atoms with Gasteiger partial charge in [-0.2, -0.15) is 0 Å². The van der Waals surface area contributed by atoms with Gasteiger partial charge in [-0.25, -0.2) is 0 Å². The van der Waals surface area contributed by atoms with Gasteiger partial charge in [-0.15, -0.1) is 10.2 Å². The summed E-state index contributed by atoms with van der Waals surface area (Å²) in [5.74, 6) is 1.78. The molecule has 3 heterocycles. The highest BCUT2D eigenvalue weighted by Gasteiger charge is 2.31. The Hall–Kier alpha value is -2.83. The smallest absolute Gasteiger partial charge is 0.270 e. The number of likely N-dealkylation sites (tertiary alicyclic amines) is 1. The first kappa shape index (κ1) is 16.6. The summed E-state index contributed by atoms with van der Waals surface area (Å²) in [6.07, 6.45) is 3.95. The van der Waals surface area contributed by atoms with Crippen LogP contribution in [0.5, 0.6) is 5.75 Å². The number of nitrogens with zero attached hydrogens (tertiary/aromatic N) is 3. The Morgan fingerprint density at radius 3 is 2.92 bits per heavy atom. The number of carbonyl (C=O) groups is 1. The summed E-state index contributed by atoms with van der Waals surface area (Å²) in [5, 5.41) is 9.05. The number of methoxy groups -OCH3 is 1. The highest BCUT2D eigenvalue weighted by Crippen LogP contribution is 2.31. The Bertz CT molecular complexity index is 930. The fourth-order valence-electron chi connectivity index (χ4n) is 3.56. The number of rotatable bonds is 3. The van der Waals surface area contributed by atoms with E-state index in [1.54, 1.807) is 14.0 Å². The number of fused-ring (bicyclic) bond motifs is 1. The molecule has 7 heteroatoms. The minimum atomic E-state index is -0.174. The quantitative estimate of drug-likeness (QED) is 0.776. The maximum absolute atomic E-state index is 13.2. The number of hydrogen-bond acceptors (Lipinski definition) is 5.